The van der Waals surface area contributed by atoms with E-state index in [1.807, 2.05) is 30.3 Å². The number of rotatable bonds is 5. The summed E-state index contributed by atoms with van der Waals surface area (Å²) in [5, 5.41) is 0. The molecule has 0 aromatic heterocycles. The van der Waals surface area contributed by atoms with Gasteiger partial charge in [-0.15, -0.1) is 0 Å². The Labute approximate surface area is 122 Å². The number of esters is 1. The number of methoxy groups -OCH3 is 1. The molecule has 21 heavy (non-hydrogen) atoms. The topological polar surface area (TPSA) is 35.5 Å². The Hall–Kier alpha value is -2.62. The van der Waals surface area contributed by atoms with E-state index in [9.17, 15) is 9.18 Å². The van der Waals surface area contributed by atoms with Crippen LogP contribution in [0.3, 0.4) is 0 Å². The fraction of sp³-hybridized carbons (Fsp3) is 0.118. The second kappa shape index (κ2) is 6.70. The first-order chi connectivity index (χ1) is 10.1. The Bertz CT molecular complexity index is 650. The molecule has 0 fully saturated rings. The first-order valence-corrected chi connectivity index (χ1v) is 6.36. The first-order valence-electron chi connectivity index (χ1n) is 6.36. The predicted molar refractivity (Wildman–Crippen MR) is 78.2 cm³/mol. The van der Waals surface area contributed by atoms with Gasteiger partial charge in [0.25, 0.3) is 0 Å². The lowest BCUT2D eigenvalue weighted by Gasteiger charge is -2.13. The summed E-state index contributed by atoms with van der Waals surface area (Å²) < 4.78 is 24.2. The quantitative estimate of drug-likeness (QED) is 0.622. The molecule has 0 heterocycles. The van der Waals surface area contributed by atoms with Gasteiger partial charge in [-0.05, 0) is 17.7 Å². The maximum absolute atomic E-state index is 14.0. The van der Waals surface area contributed by atoms with Gasteiger partial charge in [0.2, 0.25) is 0 Å². The highest BCUT2D eigenvalue weighted by molar-refractivity contribution is 6.16. The summed E-state index contributed by atoms with van der Waals surface area (Å²) in [6.45, 7) is 3.85. The molecule has 0 N–H and O–H groups in total. The van der Waals surface area contributed by atoms with Crippen molar-refractivity contribution in [3.63, 3.8) is 0 Å². The van der Waals surface area contributed by atoms with Crippen molar-refractivity contribution in [3.8, 4) is 5.75 Å². The van der Waals surface area contributed by atoms with E-state index in [2.05, 4.69) is 11.3 Å². The van der Waals surface area contributed by atoms with Crippen molar-refractivity contribution in [2.45, 2.75) is 6.61 Å². The third-order valence-electron chi connectivity index (χ3n) is 2.95. The number of hydrogen-bond acceptors (Lipinski definition) is 3. The van der Waals surface area contributed by atoms with Crippen molar-refractivity contribution < 1.29 is 18.7 Å². The Morgan fingerprint density at radius 2 is 1.86 bits per heavy atom. The smallest absolute Gasteiger partial charge is 0.338 e. The molecule has 108 valence electrons. The van der Waals surface area contributed by atoms with E-state index in [1.54, 1.807) is 6.07 Å². The van der Waals surface area contributed by atoms with Gasteiger partial charge >= 0.3 is 5.97 Å². The van der Waals surface area contributed by atoms with Gasteiger partial charge in [0, 0.05) is 0 Å². The molecule has 2 aromatic carbocycles. The maximum Gasteiger partial charge on any atom is 0.338 e. The van der Waals surface area contributed by atoms with Crippen LogP contribution in [0.15, 0.2) is 55.1 Å². The molecule has 3 nitrogen and oxygen atoms in total. The molecule has 4 heteroatoms. The number of halogens is 1. The molecule has 0 unspecified atom stereocenters. The Balaban J connectivity index is 2.25. The first kappa shape index (κ1) is 14.8. The lowest BCUT2D eigenvalue weighted by molar-refractivity contribution is -0.133. The molecule has 0 radical (unpaired) electrons. The summed E-state index contributed by atoms with van der Waals surface area (Å²) in [5.74, 6) is -1.00. The van der Waals surface area contributed by atoms with Crippen LogP contribution in [0.4, 0.5) is 4.39 Å². The van der Waals surface area contributed by atoms with Crippen LogP contribution in [0, 0.1) is 5.82 Å². The van der Waals surface area contributed by atoms with E-state index in [1.165, 1.54) is 19.2 Å². The summed E-state index contributed by atoms with van der Waals surface area (Å²) in [6, 6.07) is 13.8. The second-order valence-corrected chi connectivity index (χ2v) is 4.36. The lowest BCUT2D eigenvalue weighted by Crippen LogP contribution is -2.07. The highest BCUT2D eigenvalue weighted by atomic mass is 19.1. The van der Waals surface area contributed by atoms with E-state index in [4.69, 9.17) is 4.74 Å². The predicted octanol–water partition coefficient (Wildman–Crippen LogP) is 3.59. The van der Waals surface area contributed by atoms with E-state index in [-0.39, 0.29) is 23.5 Å². The van der Waals surface area contributed by atoms with E-state index in [0.29, 0.717) is 0 Å². The van der Waals surface area contributed by atoms with Crippen LogP contribution < -0.4 is 4.74 Å². The van der Waals surface area contributed by atoms with Gasteiger partial charge in [0.15, 0.2) is 0 Å². The molecule has 0 aliphatic rings. The molecular weight excluding hydrogens is 271 g/mol. The van der Waals surface area contributed by atoms with Gasteiger partial charge in [-0.1, -0.05) is 43.0 Å². The van der Waals surface area contributed by atoms with Gasteiger partial charge in [0.05, 0.1) is 18.2 Å². The third kappa shape index (κ3) is 3.48. The summed E-state index contributed by atoms with van der Waals surface area (Å²) in [5.41, 5.74) is 0.898. The molecule has 0 amide bonds. The number of benzene rings is 2. The fourth-order valence-electron chi connectivity index (χ4n) is 1.88. The molecule has 0 aliphatic heterocycles. The van der Waals surface area contributed by atoms with Crippen LogP contribution in [-0.2, 0) is 16.1 Å². The van der Waals surface area contributed by atoms with Crippen molar-refractivity contribution in [3.05, 3.63) is 72.1 Å². The molecular formula is C17H15FO3. The number of hydrogen-bond donors (Lipinski definition) is 0. The number of ether oxygens (including phenoxy) is 2. The van der Waals surface area contributed by atoms with Gasteiger partial charge < -0.3 is 9.47 Å². The van der Waals surface area contributed by atoms with Gasteiger partial charge in [-0.2, -0.15) is 0 Å². The van der Waals surface area contributed by atoms with Crippen LogP contribution in [0.25, 0.3) is 5.57 Å². The van der Waals surface area contributed by atoms with Crippen LogP contribution in [-0.4, -0.2) is 13.1 Å². The molecule has 0 saturated carbocycles. The monoisotopic (exact) mass is 286 g/mol. The van der Waals surface area contributed by atoms with E-state index in [0.717, 1.165) is 5.56 Å². The van der Waals surface area contributed by atoms with Crippen LogP contribution in [0.2, 0.25) is 0 Å². The highest BCUT2D eigenvalue weighted by Crippen LogP contribution is 2.29. The molecule has 0 saturated heterocycles. The van der Waals surface area contributed by atoms with Crippen molar-refractivity contribution in [2.75, 3.05) is 7.11 Å². The summed E-state index contributed by atoms with van der Waals surface area (Å²) >= 11 is 0. The summed E-state index contributed by atoms with van der Waals surface area (Å²) in [6.07, 6.45) is 0. The highest BCUT2D eigenvalue weighted by Gasteiger charge is 2.19. The Kier molecular flexibility index (Phi) is 4.72. The lowest BCUT2D eigenvalue weighted by atomic mass is 10.1. The number of carbonyl (C=O) groups excluding carboxylic acids is 1. The Morgan fingerprint density at radius 3 is 2.52 bits per heavy atom. The van der Waals surface area contributed by atoms with E-state index >= 15 is 0 Å². The standard InChI is InChI=1S/C17H15FO3/c1-12(17(19)20-2)16-14(18)9-6-10-15(16)21-11-13-7-4-3-5-8-13/h3-10H,1,11H2,2H3. The molecule has 0 atom stereocenters. The van der Waals surface area contributed by atoms with Gasteiger partial charge in [-0.25, -0.2) is 9.18 Å². The zero-order valence-electron chi connectivity index (χ0n) is 11.6. The molecule has 2 rings (SSSR count). The number of carbonyl (C=O) groups is 1. The molecule has 0 aliphatic carbocycles. The Morgan fingerprint density at radius 1 is 1.14 bits per heavy atom. The molecule has 2 aromatic rings. The summed E-state index contributed by atoms with van der Waals surface area (Å²) in [7, 11) is 1.22. The van der Waals surface area contributed by atoms with Gasteiger partial charge in [0.1, 0.15) is 18.2 Å². The zero-order chi connectivity index (χ0) is 15.2. The minimum Gasteiger partial charge on any atom is -0.488 e. The SMILES string of the molecule is C=C(C(=O)OC)c1c(F)cccc1OCc1ccccc1. The normalized spacial score (nSPS) is 10.0. The van der Waals surface area contributed by atoms with Crippen LogP contribution in [0.1, 0.15) is 11.1 Å². The molecule has 0 spiro atoms. The van der Waals surface area contributed by atoms with Crippen molar-refractivity contribution in [1.29, 1.82) is 0 Å². The minimum atomic E-state index is -0.690. The second-order valence-electron chi connectivity index (χ2n) is 4.36. The van der Waals surface area contributed by atoms with Crippen molar-refractivity contribution in [1.82, 2.24) is 0 Å². The van der Waals surface area contributed by atoms with Crippen LogP contribution in [0.5, 0.6) is 5.75 Å². The molecule has 0 bridgehead atoms. The largest absolute Gasteiger partial charge is 0.488 e. The third-order valence-corrected chi connectivity index (χ3v) is 2.95. The van der Waals surface area contributed by atoms with Crippen LogP contribution >= 0.6 is 0 Å². The average Bonchev–Trinajstić information content (AvgIpc) is 2.52. The van der Waals surface area contributed by atoms with E-state index < -0.39 is 11.8 Å². The minimum absolute atomic E-state index is 0.0280. The van der Waals surface area contributed by atoms with Crippen molar-refractivity contribution >= 4 is 11.5 Å². The van der Waals surface area contributed by atoms with Crippen molar-refractivity contribution in [2.24, 2.45) is 0 Å². The average molecular weight is 286 g/mol. The fourth-order valence-corrected chi connectivity index (χ4v) is 1.88. The zero-order valence-corrected chi connectivity index (χ0v) is 11.6. The summed E-state index contributed by atoms with van der Waals surface area (Å²) in [4.78, 5) is 11.5. The maximum atomic E-state index is 14.0. The van der Waals surface area contributed by atoms with Gasteiger partial charge in [-0.3, -0.25) is 0 Å².